The Bertz CT molecular complexity index is 1460. The van der Waals surface area contributed by atoms with E-state index in [1.54, 1.807) is 12.1 Å². The first-order chi connectivity index (χ1) is 20.5. The number of hydrogen-bond donors (Lipinski definition) is 4. The average molecular weight is 742 g/mol. The van der Waals surface area contributed by atoms with Crippen molar-refractivity contribution in [2.75, 3.05) is 12.4 Å². The number of fused-ring (bicyclic) bond motifs is 2. The lowest BCUT2D eigenvalue weighted by molar-refractivity contribution is -0.137. The molecule has 0 aliphatic heterocycles. The second-order valence-corrected chi connectivity index (χ2v) is 14.5. The van der Waals surface area contributed by atoms with Gasteiger partial charge in [-0.15, -0.1) is 11.3 Å². The van der Waals surface area contributed by atoms with E-state index in [0.29, 0.717) is 25.0 Å². The predicted octanol–water partition coefficient (Wildman–Crippen LogP) is 3.60. The third-order valence-electron chi connectivity index (χ3n) is 8.19. The molecule has 2 aromatic heterocycles. The van der Waals surface area contributed by atoms with Gasteiger partial charge >= 0.3 is 0 Å². The van der Waals surface area contributed by atoms with Crippen molar-refractivity contribution in [1.82, 2.24) is 20.5 Å². The highest BCUT2D eigenvalue weighted by atomic mass is 79.9. The summed E-state index contributed by atoms with van der Waals surface area (Å²) < 4.78 is 2.43. The zero-order valence-electron chi connectivity index (χ0n) is 23.9. The number of Topliss-reactive ketones (excluding diaryl/α,β-unsaturated/α-hetero) is 1. The number of nitrogens with one attached hydrogen (secondary N) is 4. The van der Waals surface area contributed by atoms with Crippen LogP contribution in [0.3, 0.4) is 0 Å². The average Bonchev–Trinajstić information content (AvgIpc) is 3.32. The van der Waals surface area contributed by atoms with Crippen molar-refractivity contribution in [3.05, 3.63) is 47.9 Å². The van der Waals surface area contributed by atoms with Crippen LogP contribution in [0.1, 0.15) is 61.5 Å². The molecule has 2 aliphatic rings. The van der Waals surface area contributed by atoms with E-state index in [9.17, 15) is 28.8 Å². The van der Waals surface area contributed by atoms with E-state index in [1.807, 2.05) is 0 Å². The minimum Gasteiger partial charge on any atom is -0.353 e. The van der Waals surface area contributed by atoms with E-state index >= 15 is 0 Å². The highest BCUT2D eigenvalue weighted by molar-refractivity contribution is 9.11. The third-order valence-corrected chi connectivity index (χ3v) is 10.7. The van der Waals surface area contributed by atoms with Crippen LogP contribution in [0.25, 0.3) is 0 Å². The van der Waals surface area contributed by atoms with Gasteiger partial charge in [-0.25, -0.2) is 0 Å². The Balaban J connectivity index is 1.45. The fourth-order valence-corrected chi connectivity index (χ4v) is 8.65. The number of aromatic nitrogens is 1. The van der Waals surface area contributed by atoms with Crippen LogP contribution in [0.4, 0.5) is 5.69 Å². The first kappa shape index (κ1) is 33.1. The monoisotopic (exact) mass is 739 g/mol. The Kier molecular flexibility index (Phi) is 11.3. The number of thiophene rings is 1. The quantitative estimate of drug-likeness (QED) is 0.258. The summed E-state index contributed by atoms with van der Waals surface area (Å²) in [5.41, 5.74) is -0.671. The maximum Gasteiger partial charge on any atom is 0.287 e. The fourth-order valence-electron chi connectivity index (χ4n) is 6.15. The standard InChI is InChI=1S/C29H35Br2N5O6S/c1-15-11-16-5-3-6-17(12-16)24(15)35-23(38)14-36-10-4-7-20(29(36)42)34-26(39)19(8-9-21(37)27(40)32-2)33-28(41)25-18(30)13-22(31)43-25/h4,7,10,13,15-17,19,24H,3,5-6,8-9,11-12,14H2,1-2H3,(H,32,40)(H,33,41)(H,34,39)(H,35,38). The van der Waals surface area contributed by atoms with Gasteiger partial charge in [-0.05, 0) is 93.5 Å². The molecule has 14 heteroatoms. The highest BCUT2D eigenvalue weighted by Gasteiger charge is 2.38. The number of halogens is 2. The van der Waals surface area contributed by atoms with Crippen molar-refractivity contribution in [3.8, 4) is 0 Å². The molecule has 5 unspecified atom stereocenters. The van der Waals surface area contributed by atoms with Crippen LogP contribution in [-0.4, -0.2) is 53.1 Å². The SMILES string of the molecule is CNC(=O)C(=O)CCC(NC(=O)c1sc(Br)cc1Br)C(=O)Nc1cccn(CC(=O)NC2C(C)CC3CCCC2C3)c1=O. The van der Waals surface area contributed by atoms with Crippen molar-refractivity contribution in [1.29, 1.82) is 0 Å². The van der Waals surface area contributed by atoms with Crippen LogP contribution >= 0.6 is 43.2 Å². The van der Waals surface area contributed by atoms with E-state index in [4.69, 9.17) is 0 Å². The van der Waals surface area contributed by atoms with Crippen LogP contribution < -0.4 is 26.8 Å². The number of anilines is 1. The van der Waals surface area contributed by atoms with Gasteiger partial charge in [0.2, 0.25) is 17.6 Å². The third kappa shape index (κ3) is 8.42. The summed E-state index contributed by atoms with van der Waals surface area (Å²) in [5.74, 6) is -1.60. The summed E-state index contributed by atoms with van der Waals surface area (Å²) >= 11 is 7.77. The molecule has 0 aromatic carbocycles. The highest BCUT2D eigenvalue weighted by Crippen LogP contribution is 2.42. The van der Waals surface area contributed by atoms with E-state index in [-0.39, 0.29) is 37.0 Å². The number of carbonyl (C=O) groups is 5. The van der Waals surface area contributed by atoms with E-state index in [2.05, 4.69) is 60.1 Å². The minimum absolute atomic E-state index is 0.0773. The van der Waals surface area contributed by atoms with E-state index in [1.165, 1.54) is 36.7 Å². The molecule has 4 rings (SSSR count). The molecule has 2 heterocycles. The lowest BCUT2D eigenvalue weighted by Gasteiger charge is -2.44. The number of amides is 4. The summed E-state index contributed by atoms with van der Waals surface area (Å²) in [6.45, 7) is 1.97. The Hall–Kier alpha value is -2.84. The van der Waals surface area contributed by atoms with E-state index < -0.39 is 35.1 Å². The lowest BCUT2D eigenvalue weighted by Crippen LogP contribution is -2.50. The predicted molar refractivity (Wildman–Crippen MR) is 170 cm³/mol. The summed E-state index contributed by atoms with van der Waals surface area (Å²) in [4.78, 5) is 76.7. The van der Waals surface area contributed by atoms with Crippen LogP contribution in [-0.2, 0) is 25.7 Å². The number of hydrogen-bond acceptors (Lipinski definition) is 7. The normalized spacial score (nSPS) is 21.8. The number of ketones is 1. The summed E-state index contributed by atoms with van der Waals surface area (Å²) in [6.07, 6.45) is 6.74. The number of rotatable bonds is 11. The van der Waals surface area contributed by atoms with Crippen molar-refractivity contribution in [2.24, 2.45) is 17.8 Å². The molecule has 2 saturated carbocycles. The first-order valence-electron chi connectivity index (χ1n) is 14.3. The number of pyridine rings is 1. The van der Waals surface area contributed by atoms with Crippen LogP contribution in [0.2, 0.25) is 0 Å². The van der Waals surface area contributed by atoms with Gasteiger partial charge in [0.25, 0.3) is 17.4 Å². The van der Waals surface area contributed by atoms with Gasteiger partial charge in [-0.2, -0.15) is 0 Å². The number of nitrogens with zero attached hydrogens (tertiary/aromatic N) is 1. The summed E-state index contributed by atoms with van der Waals surface area (Å²) in [6, 6.07) is 3.47. The Morgan fingerprint density at radius 3 is 2.60 bits per heavy atom. The first-order valence-corrected chi connectivity index (χ1v) is 16.7. The van der Waals surface area contributed by atoms with E-state index in [0.717, 1.165) is 36.5 Å². The smallest absolute Gasteiger partial charge is 0.287 e. The molecule has 0 saturated heterocycles. The topological polar surface area (TPSA) is 155 Å². The van der Waals surface area contributed by atoms with Gasteiger partial charge in [0.1, 0.15) is 23.2 Å². The van der Waals surface area contributed by atoms with Crippen molar-refractivity contribution >= 4 is 78.3 Å². The Morgan fingerprint density at radius 2 is 1.91 bits per heavy atom. The van der Waals surface area contributed by atoms with Crippen LogP contribution in [0, 0.1) is 17.8 Å². The van der Waals surface area contributed by atoms with Crippen LogP contribution in [0.15, 0.2) is 37.4 Å². The molecule has 4 N–H and O–H groups in total. The molecule has 232 valence electrons. The zero-order chi connectivity index (χ0) is 31.3. The maximum absolute atomic E-state index is 13.3. The second kappa shape index (κ2) is 14.8. The molecular weight excluding hydrogens is 706 g/mol. The molecule has 11 nitrogen and oxygen atoms in total. The fraction of sp³-hybridized carbons (Fsp3) is 0.517. The molecule has 5 atom stereocenters. The van der Waals surface area contributed by atoms with Gasteiger partial charge in [-0.3, -0.25) is 28.8 Å². The van der Waals surface area contributed by atoms with Crippen molar-refractivity contribution in [3.63, 3.8) is 0 Å². The molecular formula is C29H35Br2N5O6S. The molecule has 0 radical (unpaired) electrons. The minimum atomic E-state index is -1.24. The maximum atomic E-state index is 13.3. The largest absolute Gasteiger partial charge is 0.353 e. The molecule has 43 heavy (non-hydrogen) atoms. The van der Waals surface area contributed by atoms with Crippen LogP contribution in [0.5, 0.6) is 0 Å². The van der Waals surface area contributed by atoms with Gasteiger partial charge in [0, 0.05) is 30.2 Å². The van der Waals surface area contributed by atoms with Gasteiger partial charge in [-0.1, -0.05) is 19.8 Å². The molecule has 0 spiro atoms. The summed E-state index contributed by atoms with van der Waals surface area (Å²) in [5, 5.41) is 10.5. The molecule has 2 bridgehead atoms. The van der Waals surface area contributed by atoms with Gasteiger partial charge in [0.15, 0.2) is 0 Å². The molecule has 2 aliphatic carbocycles. The molecule has 4 amide bonds. The number of likely N-dealkylation sites (N-methyl/N-ethyl adjacent to an activating group) is 1. The Labute approximate surface area is 270 Å². The lowest BCUT2D eigenvalue weighted by atomic mass is 9.65. The van der Waals surface area contributed by atoms with Gasteiger partial charge < -0.3 is 25.8 Å². The molecule has 2 aromatic rings. The van der Waals surface area contributed by atoms with Gasteiger partial charge in [0.05, 0.1) is 3.79 Å². The Morgan fingerprint density at radius 1 is 1.14 bits per heavy atom. The number of carbonyl (C=O) groups excluding carboxylic acids is 5. The van der Waals surface area contributed by atoms with Crippen molar-refractivity contribution in [2.45, 2.75) is 70.5 Å². The second-order valence-electron chi connectivity index (χ2n) is 11.2. The molecule has 2 fully saturated rings. The van der Waals surface area contributed by atoms with Crippen molar-refractivity contribution < 1.29 is 24.0 Å². The zero-order valence-corrected chi connectivity index (χ0v) is 27.9. The summed E-state index contributed by atoms with van der Waals surface area (Å²) in [7, 11) is 1.32.